The lowest BCUT2D eigenvalue weighted by atomic mass is 9.62. The summed E-state index contributed by atoms with van der Waals surface area (Å²) in [7, 11) is 0. The van der Waals surface area contributed by atoms with E-state index in [1.54, 1.807) is 0 Å². The molecule has 0 saturated heterocycles. The van der Waals surface area contributed by atoms with Gasteiger partial charge in [0.2, 0.25) is 0 Å². The summed E-state index contributed by atoms with van der Waals surface area (Å²) < 4.78 is 0. The van der Waals surface area contributed by atoms with Gasteiger partial charge >= 0.3 is 0 Å². The van der Waals surface area contributed by atoms with Crippen molar-refractivity contribution in [2.75, 3.05) is 4.90 Å². The molecular weight excluding hydrogens is 651 g/mol. The number of allylic oxidation sites excluding steroid dienone is 4. The molecule has 5 aromatic rings. The Kier molecular flexibility index (Phi) is 8.21. The third-order valence-corrected chi connectivity index (χ3v) is 12.6. The minimum absolute atomic E-state index is 0.0110. The smallest absolute Gasteiger partial charge is 0.0539 e. The molecule has 0 heterocycles. The summed E-state index contributed by atoms with van der Waals surface area (Å²) in [5, 5.41) is 0. The van der Waals surface area contributed by atoms with Gasteiger partial charge in [-0.1, -0.05) is 180 Å². The first-order chi connectivity index (χ1) is 25.3. The van der Waals surface area contributed by atoms with Gasteiger partial charge in [0.1, 0.15) is 0 Å². The highest BCUT2D eigenvalue weighted by atomic mass is 15.1. The molecule has 2 unspecified atom stereocenters. The molecule has 0 aromatic heterocycles. The molecule has 3 aliphatic carbocycles. The predicted octanol–water partition coefficient (Wildman–Crippen LogP) is 14.6. The van der Waals surface area contributed by atoms with Crippen LogP contribution in [-0.4, -0.2) is 0 Å². The Labute approximate surface area is 325 Å². The number of hydrogen-bond acceptors (Lipinski definition) is 1. The van der Waals surface area contributed by atoms with Crippen LogP contribution in [0.2, 0.25) is 0 Å². The summed E-state index contributed by atoms with van der Waals surface area (Å²) in [6.07, 6.45) is 7.73. The van der Waals surface area contributed by atoms with Crippen LogP contribution in [-0.2, 0) is 21.7 Å². The van der Waals surface area contributed by atoms with Crippen LogP contribution in [0.15, 0.2) is 133 Å². The number of fused-ring (bicyclic) bond motifs is 10. The first-order valence-electron chi connectivity index (χ1n) is 20.1. The van der Waals surface area contributed by atoms with E-state index < -0.39 is 0 Å². The Balaban J connectivity index is 1.58. The second-order valence-corrected chi connectivity index (χ2v) is 20.3. The summed E-state index contributed by atoms with van der Waals surface area (Å²) in [6, 6.07) is 42.1. The standard InChI is InChI=1S/C53H59N/c1-49(2,3)34-23-26-40-41-27-24-35(50(4,5)6)30-44(41)53(43(40)29-34)45-31-36(51(7,8)9)25-28-42(45)48-46(53)32-37(52(10,11)12)33-47(48)54(38-19-15-13-16-20-38)39-21-17-14-18-22-39/h13-33,42,45H,1-12H3. The van der Waals surface area contributed by atoms with E-state index in [-0.39, 0.29) is 38.9 Å². The van der Waals surface area contributed by atoms with E-state index in [1.807, 2.05) is 0 Å². The van der Waals surface area contributed by atoms with Gasteiger partial charge in [-0.3, -0.25) is 0 Å². The molecule has 8 rings (SSSR count). The lowest BCUT2D eigenvalue weighted by molar-refractivity contribution is 0.437. The second kappa shape index (κ2) is 12.2. The predicted molar refractivity (Wildman–Crippen MR) is 232 cm³/mol. The summed E-state index contributed by atoms with van der Waals surface area (Å²) in [4.78, 5) is 2.54. The number of hydrogen-bond donors (Lipinski definition) is 0. The van der Waals surface area contributed by atoms with Crippen LogP contribution < -0.4 is 4.90 Å². The van der Waals surface area contributed by atoms with E-state index in [0.717, 1.165) is 0 Å². The highest BCUT2D eigenvalue weighted by molar-refractivity contribution is 5.90. The molecule has 5 aromatic carbocycles. The molecule has 54 heavy (non-hydrogen) atoms. The van der Waals surface area contributed by atoms with Gasteiger partial charge in [-0.25, -0.2) is 0 Å². The Bertz CT molecular complexity index is 2200. The molecule has 2 atom stereocenters. The van der Waals surface area contributed by atoms with Gasteiger partial charge in [-0.05, 0) is 108 Å². The van der Waals surface area contributed by atoms with Crippen molar-refractivity contribution in [1.82, 2.24) is 0 Å². The minimum Gasteiger partial charge on any atom is -0.310 e. The summed E-state index contributed by atoms with van der Waals surface area (Å²) in [5.74, 6) is 0.375. The van der Waals surface area contributed by atoms with Crippen LogP contribution in [0.3, 0.4) is 0 Å². The molecule has 3 aliphatic rings. The average molecular weight is 710 g/mol. The molecule has 0 fully saturated rings. The Hall–Kier alpha value is -4.62. The first-order valence-corrected chi connectivity index (χ1v) is 20.1. The zero-order valence-electron chi connectivity index (χ0n) is 34.7. The minimum atomic E-state index is -0.385. The Morgan fingerprint density at radius 1 is 0.481 bits per heavy atom. The van der Waals surface area contributed by atoms with Crippen LogP contribution in [0.1, 0.15) is 128 Å². The molecule has 0 radical (unpaired) electrons. The van der Waals surface area contributed by atoms with Gasteiger partial charge in [0.25, 0.3) is 0 Å². The third-order valence-electron chi connectivity index (χ3n) is 12.6. The van der Waals surface area contributed by atoms with Gasteiger partial charge in [-0.15, -0.1) is 0 Å². The van der Waals surface area contributed by atoms with E-state index in [2.05, 4.69) is 215 Å². The maximum absolute atomic E-state index is 2.70. The number of para-hydroxylation sites is 2. The molecule has 1 heteroatoms. The number of anilines is 3. The Morgan fingerprint density at radius 3 is 1.39 bits per heavy atom. The largest absolute Gasteiger partial charge is 0.310 e. The van der Waals surface area contributed by atoms with Crippen LogP contribution in [0, 0.1) is 11.3 Å². The van der Waals surface area contributed by atoms with Crippen molar-refractivity contribution >= 4 is 17.1 Å². The monoisotopic (exact) mass is 709 g/mol. The zero-order chi connectivity index (χ0) is 38.6. The highest BCUT2D eigenvalue weighted by Gasteiger charge is 2.59. The third kappa shape index (κ3) is 5.64. The molecule has 0 saturated carbocycles. The van der Waals surface area contributed by atoms with Gasteiger partial charge in [0, 0.05) is 23.2 Å². The molecule has 1 spiro atoms. The topological polar surface area (TPSA) is 3.24 Å². The maximum atomic E-state index is 2.70. The second-order valence-electron chi connectivity index (χ2n) is 20.3. The van der Waals surface area contributed by atoms with Gasteiger partial charge in [0.15, 0.2) is 0 Å². The van der Waals surface area contributed by atoms with E-state index in [4.69, 9.17) is 0 Å². The van der Waals surface area contributed by atoms with E-state index in [0.29, 0.717) is 0 Å². The van der Waals surface area contributed by atoms with Crippen molar-refractivity contribution in [2.45, 2.75) is 111 Å². The normalized spacial score (nSPS) is 18.6. The van der Waals surface area contributed by atoms with Gasteiger partial charge in [0.05, 0.1) is 11.1 Å². The van der Waals surface area contributed by atoms with Gasteiger partial charge in [-0.2, -0.15) is 0 Å². The molecule has 1 nitrogen and oxygen atoms in total. The first kappa shape index (κ1) is 36.4. The van der Waals surface area contributed by atoms with Crippen LogP contribution in [0.5, 0.6) is 0 Å². The van der Waals surface area contributed by atoms with Crippen molar-refractivity contribution in [1.29, 1.82) is 0 Å². The van der Waals surface area contributed by atoms with Crippen molar-refractivity contribution in [3.05, 3.63) is 172 Å². The molecule has 0 aliphatic heterocycles. The Morgan fingerprint density at radius 2 is 0.944 bits per heavy atom. The number of rotatable bonds is 3. The maximum Gasteiger partial charge on any atom is 0.0539 e. The molecule has 0 amide bonds. The lowest BCUT2D eigenvalue weighted by Crippen LogP contribution is -2.35. The molecule has 0 N–H and O–H groups in total. The van der Waals surface area contributed by atoms with Crippen molar-refractivity contribution in [2.24, 2.45) is 11.3 Å². The lowest BCUT2D eigenvalue weighted by Gasteiger charge is -2.39. The fourth-order valence-corrected chi connectivity index (χ4v) is 9.48. The van der Waals surface area contributed by atoms with Crippen LogP contribution in [0.4, 0.5) is 17.1 Å². The van der Waals surface area contributed by atoms with Gasteiger partial charge < -0.3 is 4.90 Å². The highest BCUT2D eigenvalue weighted by Crippen LogP contribution is 2.68. The summed E-state index contributed by atoms with van der Waals surface area (Å²) in [6.45, 7) is 28.4. The van der Waals surface area contributed by atoms with E-state index >= 15 is 0 Å². The van der Waals surface area contributed by atoms with Crippen molar-refractivity contribution in [3.63, 3.8) is 0 Å². The van der Waals surface area contributed by atoms with Crippen LogP contribution in [0.25, 0.3) is 11.1 Å². The summed E-state index contributed by atoms with van der Waals surface area (Å²) in [5.41, 5.74) is 17.4. The quantitative estimate of drug-likeness (QED) is 0.180. The SMILES string of the molecule is CC(C)(C)C1=CC2C(C=C1)c1c(N(c3ccccc3)c3ccccc3)cc(C(C)(C)C)cc1C21c2cc(C(C)(C)C)ccc2-c2ccc(C(C)(C)C)cc21. The average Bonchev–Trinajstić information content (AvgIpc) is 3.57. The number of benzene rings is 5. The van der Waals surface area contributed by atoms with Crippen molar-refractivity contribution in [3.8, 4) is 11.1 Å². The van der Waals surface area contributed by atoms with E-state index in [9.17, 15) is 0 Å². The zero-order valence-corrected chi connectivity index (χ0v) is 34.7. The van der Waals surface area contributed by atoms with E-state index in [1.165, 1.54) is 72.7 Å². The molecule has 276 valence electrons. The van der Waals surface area contributed by atoms with Crippen LogP contribution >= 0.6 is 0 Å². The number of nitrogens with zero attached hydrogens (tertiary/aromatic N) is 1. The molecule has 0 bridgehead atoms. The van der Waals surface area contributed by atoms with Crippen molar-refractivity contribution < 1.29 is 0 Å². The summed E-state index contributed by atoms with van der Waals surface area (Å²) >= 11 is 0. The fourth-order valence-electron chi connectivity index (χ4n) is 9.48. The fraction of sp³-hybridized carbons (Fsp3) is 0.358. The molecular formula is C53H59N.